The van der Waals surface area contributed by atoms with Gasteiger partial charge in [0.1, 0.15) is 5.54 Å². The Bertz CT molecular complexity index is 541. The number of carbonyl (C=O) groups is 1. The molecule has 0 saturated heterocycles. The molecule has 4 aliphatic carbocycles. The molecule has 3 N–H and O–H groups in total. The summed E-state index contributed by atoms with van der Waals surface area (Å²) in [5, 5.41) is 3.57. The lowest BCUT2D eigenvalue weighted by Crippen LogP contribution is -2.67. The number of carbonyl (C=O) groups excluding carboxylic acids is 1. The van der Waals surface area contributed by atoms with Crippen LogP contribution < -0.4 is 11.1 Å². The van der Waals surface area contributed by atoms with Crippen molar-refractivity contribution in [3.63, 3.8) is 0 Å². The summed E-state index contributed by atoms with van der Waals surface area (Å²) in [5.74, 6) is 2.32. The van der Waals surface area contributed by atoms with E-state index in [-0.39, 0.29) is 5.91 Å². The Balaban J connectivity index is 1.70. The molecule has 112 valence electrons. The van der Waals surface area contributed by atoms with Crippen molar-refractivity contribution in [2.75, 3.05) is 5.32 Å². The smallest absolute Gasteiger partial charge is 0.243 e. The van der Waals surface area contributed by atoms with Crippen molar-refractivity contribution in [1.29, 1.82) is 0 Å². The van der Waals surface area contributed by atoms with E-state index in [1.54, 1.807) is 0 Å². The van der Waals surface area contributed by atoms with Gasteiger partial charge in [0.15, 0.2) is 0 Å². The van der Waals surface area contributed by atoms with Crippen molar-refractivity contribution >= 4 is 27.5 Å². The van der Waals surface area contributed by atoms with E-state index >= 15 is 0 Å². The molecule has 4 fully saturated rings. The quantitative estimate of drug-likeness (QED) is 0.877. The van der Waals surface area contributed by atoms with Crippen molar-refractivity contribution in [2.24, 2.45) is 29.4 Å². The van der Waals surface area contributed by atoms with Crippen LogP contribution in [0, 0.1) is 23.7 Å². The first kappa shape index (κ1) is 13.6. The zero-order valence-electron chi connectivity index (χ0n) is 12.0. The van der Waals surface area contributed by atoms with E-state index in [2.05, 4.69) is 21.2 Å². The number of amides is 1. The summed E-state index contributed by atoms with van der Waals surface area (Å²) in [7, 11) is 0. The van der Waals surface area contributed by atoms with Crippen LogP contribution >= 0.6 is 15.9 Å². The molecule has 0 unspecified atom stereocenters. The minimum absolute atomic E-state index is 0.154. The van der Waals surface area contributed by atoms with Gasteiger partial charge in [-0.2, -0.15) is 0 Å². The average Bonchev–Trinajstić information content (AvgIpc) is 2.44. The largest absolute Gasteiger partial charge is 0.371 e. The molecule has 21 heavy (non-hydrogen) atoms. The number of nitrogens with two attached hydrogens (primary N) is 1. The average molecular weight is 349 g/mol. The maximum Gasteiger partial charge on any atom is 0.243 e. The van der Waals surface area contributed by atoms with Crippen LogP contribution in [0.2, 0.25) is 0 Å². The third-order valence-electron chi connectivity index (χ3n) is 6.03. The molecule has 5 rings (SSSR count). The molecule has 0 aromatic heterocycles. The molecule has 1 aromatic rings. The lowest BCUT2D eigenvalue weighted by Gasteiger charge is -2.60. The highest BCUT2D eigenvalue weighted by Gasteiger charge is 2.60. The van der Waals surface area contributed by atoms with Gasteiger partial charge in [0.2, 0.25) is 5.91 Å². The Kier molecular flexibility index (Phi) is 3.07. The number of anilines is 1. The summed E-state index contributed by atoms with van der Waals surface area (Å²) >= 11 is 3.46. The Labute approximate surface area is 133 Å². The van der Waals surface area contributed by atoms with E-state index in [0.29, 0.717) is 11.8 Å². The maximum absolute atomic E-state index is 12.4. The number of benzene rings is 1. The van der Waals surface area contributed by atoms with Gasteiger partial charge in [0.25, 0.3) is 0 Å². The van der Waals surface area contributed by atoms with Crippen molar-refractivity contribution < 1.29 is 4.79 Å². The van der Waals surface area contributed by atoms with Gasteiger partial charge in [-0.05, 0) is 80.0 Å². The van der Waals surface area contributed by atoms with Crippen LogP contribution in [0.4, 0.5) is 5.69 Å². The molecule has 1 aromatic carbocycles. The summed E-state index contributed by atoms with van der Waals surface area (Å²) in [6, 6.07) is 8.07. The molecule has 0 radical (unpaired) electrons. The second-order valence-corrected chi connectivity index (χ2v) is 8.09. The highest BCUT2D eigenvalue weighted by Crippen LogP contribution is 2.59. The predicted octanol–water partition coefficient (Wildman–Crippen LogP) is 3.54. The Morgan fingerprint density at radius 1 is 1.05 bits per heavy atom. The first-order valence-corrected chi connectivity index (χ1v) is 8.71. The lowest BCUT2D eigenvalue weighted by molar-refractivity contribution is -0.136. The number of hydrogen-bond acceptors (Lipinski definition) is 2. The second-order valence-electron chi connectivity index (χ2n) is 7.17. The fraction of sp³-hybridized carbons (Fsp3) is 0.588. The van der Waals surface area contributed by atoms with Gasteiger partial charge >= 0.3 is 0 Å². The molecule has 0 atom stereocenters. The highest BCUT2D eigenvalue weighted by molar-refractivity contribution is 9.10. The van der Waals surface area contributed by atoms with E-state index < -0.39 is 5.54 Å². The number of hydrogen-bond donors (Lipinski definition) is 2. The summed E-state index contributed by atoms with van der Waals surface area (Å²) < 4.78 is 1.05. The fourth-order valence-electron chi connectivity index (χ4n) is 5.37. The topological polar surface area (TPSA) is 55.1 Å². The molecule has 0 spiro atoms. The van der Waals surface area contributed by atoms with E-state index in [4.69, 9.17) is 5.73 Å². The van der Waals surface area contributed by atoms with Gasteiger partial charge in [0.05, 0.1) is 0 Å². The number of primary amides is 1. The molecule has 4 bridgehead atoms. The Morgan fingerprint density at radius 2 is 1.57 bits per heavy atom. The molecule has 4 heteroatoms. The third kappa shape index (κ3) is 2.02. The van der Waals surface area contributed by atoms with E-state index in [9.17, 15) is 4.79 Å². The number of nitrogens with one attached hydrogen (secondary N) is 1. The van der Waals surface area contributed by atoms with Crippen LogP contribution in [0.3, 0.4) is 0 Å². The second kappa shape index (κ2) is 4.73. The van der Waals surface area contributed by atoms with E-state index in [1.807, 2.05) is 24.3 Å². The molecule has 3 nitrogen and oxygen atoms in total. The standard InChI is InChI=1S/C17H21BrN2O/c18-14-1-3-15(4-2-14)20-17(16(19)21)12-6-10-5-11(8-12)9-13(17)7-10/h1-4,10-13,20H,5-9H2,(H2,19,21). The summed E-state index contributed by atoms with van der Waals surface area (Å²) in [5.41, 5.74) is 6.40. The Morgan fingerprint density at radius 3 is 2.05 bits per heavy atom. The molecular formula is C17H21BrN2O. The molecule has 4 aliphatic rings. The summed E-state index contributed by atoms with van der Waals surface area (Å²) in [6.07, 6.45) is 6.04. The van der Waals surface area contributed by atoms with Crippen molar-refractivity contribution in [1.82, 2.24) is 0 Å². The van der Waals surface area contributed by atoms with Crippen LogP contribution in [0.25, 0.3) is 0 Å². The Hall–Kier alpha value is -1.03. The molecule has 4 saturated carbocycles. The van der Waals surface area contributed by atoms with Gasteiger partial charge in [-0.1, -0.05) is 15.9 Å². The lowest BCUT2D eigenvalue weighted by atomic mass is 9.48. The minimum atomic E-state index is -0.527. The minimum Gasteiger partial charge on any atom is -0.371 e. The van der Waals surface area contributed by atoms with Crippen LogP contribution in [0.5, 0.6) is 0 Å². The monoisotopic (exact) mass is 348 g/mol. The fourth-order valence-corrected chi connectivity index (χ4v) is 5.63. The van der Waals surface area contributed by atoms with Gasteiger partial charge in [-0.3, -0.25) is 4.79 Å². The highest BCUT2D eigenvalue weighted by atomic mass is 79.9. The van der Waals surface area contributed by atoms with E-state index in [1.165, 1.54) is 32.1 Å². The zero-order valence-corrected chi connectivity index (χ0v) is 13.6. The van der Waals surface area contributed by atoms with Crippen molar-refractivity contribution in [2.45, 2.75) is 37.6 Å². The van der Waals surface area contributed by atoms with Gasteiger partial charge in [-0.15, -0.1) is 0 Å². The van der Waals surface area contributed by atoms with Gasteiger partial charge < -0.3 is 11.1 Å². The summed E-state index contributed by atoms with van der Waals surface area (Å²) in [4.78, 5) is 12.4. The van der Waals surface area contributed by atoms with Gasteiger partial charge in [-0.25, -0.2) is 0 Å². The molecule has 1 amide bonds. The van der Waals surface area contributed by atoms with Crippen molar-refractivity contribution in [3.05, 3.63) is 28.7 Å². The summed E-state index contributed by atoms with van der Waals surface area (Å²) in [6.45, 7) is 0. The van der Waals surface area contributed by atoms with E-state index in [0.717, 1.165) is 22.0 Å². The molecule has 0 aliphatic heterocycles. The molecule has 0 heterocycles. The van der Waals surface area contributed by atoms with Gasteiger partial charge in [0, 0.05) is 10.2 Å². The first-order chi connectivity index (χ1) is 10.1. The van der Waals surface area contributed by atoms with Crippen molar-refractivity contribution in [3.8, 4) is 0 Å². The SMILES string of the molecule is NC(=O)C1(Nc2ccc(Br)cc2)C2CC3CC(C2)CC1C3. The number of rotatable bonds is 3. The van der Waals surface area contributed by atoms with Crippen LogP contribution in [-0.4, -0.2) is 11.4 Å². The third-order valence-corrected chi connectivity index (χ3v) is 6.56. The normalized spacial score (nSPS) is 40.2. The molecular weight excluding hydrogens is 328 g/mol. The maximum atomic E-state index is 12.4. The van der Waals surface area contributed by atoms with Crippen LogP contribution in [0.15, 0.2) is 28.7 Å². The van der Waals surface area contributed by atoms with Crippen LogP contribution in [0.1, 0.15) is 32.1 Å². The number of halogens is 1. The predicted molar refractivity (Wildman–Crippen MR) is 86.7 cm³/mol. The first-order valence-electron chi connectivity index (χ1n) is 7.91. The zero-order chi connectivity index (χ0) is 14.6. The van der Waals surface area contributed by atoms with Crippen LogP contribution in [-0.2, 0) is 4.79 Å².